The third kappa shape index (κ3) is 4.60. The van der Waals surface area contributed by atoms with Crippen LogP contribution in [0, 0.1) is 19.7 Å². The molecule has 0 aliphatic heterocycles. The van der Waals surface area contributed by atoms with Crippen molar-refractivity contribution >= 4 is 0 Å². The number of hydrogen-bond acceptors (Lipinski definition) is 3. The van der Waals surface area contributed by atoms with Crippen molar-refractivity contribution in [1.82, 2.24) is 15.0 Å². The average Bonchev–Trinajstić information content (AvgIpc) is 2.75. The number of aryl methyl sites for hydroxylation is 4. The van der Waals surface area contributed by atoms with Gasteiger partial charge in [-0.2, -0.15) is 0 Å². The van der Waals surface area contributed by atoms with E-state index in [1.54, 1.807) is 12.3 Å². The summed E-state index contributed by atoms with van der Waals surface area (Å²) >= 11 is 0. The second kappa shape index (κ2) is 8.95. The lowest BCUT2D eigenvalue weighted by Crippen LogP contribution is -2.02. The summed E-state index contributed by atoms with van der Waals surface area (Å²) in [6, 6.07) is 17.2. The predicted molar refractivity (Wildman–Crippen MR) is 118 cm³/mol. The number of rotatable bonds is 6. The van der Waals surface area contributed by atoms with Crippen LogP contribution >= 0.6 is 0 Å². The lowest BCUT2D eigenvalue weighted by molar-refractivity contribution is 0.627. The van der Waals surface area contributed by atoms with E-state index in [1.807, 2.05) is 37.5 Å². The minimum absolute atomic E-state index is 0.226. The molecule has 0 bridgehead atoms. The maximum absolute atomic E-state index is 13.5. The standard InChI is InChI=1S/C26H24FN3/c1-18-6-3-4-7-21(18)9-12-26-29-16-20(17-30-26)15-25-24(8-5-13-28-25)23-11-10-22(27)14-19(23)2/h3-8,10-11,13-14,16-17H,9,12,15H2,1-2H3. The molecule has 4 aromatic rings. The van der Waals surface area contributed by atoms with Gasteiger partial charge in [0.15, 0.2) is 0 Å². The lowest BCUT2D eigenvalue weighted by atomic mass is 9.97. The fourth-order valence-corrected chi connectivity index (χ4v) is 3.69. The van der Waals surface area contributed by atoms with Gasteiger partial charge in [0.05, 0.1) is 5.69 Å². The first-order valence-electron chi connectivity index (χ1n) is 10.1. The maximum Gasteiger partial charge on any atom is 0.128 e. The van der Waals surface area contributed by atoms with Crippen molar-refractivity contribution in [2.75, 3.05) is 0 Å². The highest BCUT2D eigenvalue weighted by Gasteiger charge is 2.11. The van der Waals surface area contributed by atoms with Crippen LogP contribution in [0.2, 0.25) is 0 Å². The molecule has 0 saturated carbocycles. The van der Waals surface area contributed by atoms with E-state index in [4.69, 9.17) is 0 Å². The molecule has 0 aliphatic carbocycles. The summed E-state index contributed by atoms with van der Waals surface area (Å²) in [7, 11) is 0. The highest BCUT2D eigenvalue weighted by Crippen LogP contribution is 2.27. The third-order valence-electron chi connectivity index (χ3n) is 5.38. The fourth-order valence-electron chi connectivity index (χ4n) is 3.69. The lowest BCUT2D eigenvalue weighted by Gasteiger charge is -2.11. The summed E-state index contributed by atoms with van der Waals surface area (Å²) in [5.41, 5.74) is 7.48. The Morgan fingerprint density at radius 3 is 2.33 bits per heavy atom. The molecule has 0 unspecified atom stereocenters. The number of benzene rings is 2. The van der Waals surface area contributed by atoms with Crippen LogP contribution < -0.4 is 0 Å². The molecule has 4 rings (SSSR count). The van der Waals surface area contributed by atoms with Crippen molar-refractivity contribution in [3.63, 3.8) is 0 Å². The summed E-state index contributed by atoms with van der Waals surface area (Å²) in [6.45, 7) is 4.05. The predicted octanol–water partition coefficient (Wildman–Crippen LogP) is 5.67. The van der Waals surface area contributed by atoms with E-state index < -0.39 is 0 Å². The molecular weight excluding hydrogens is 373 g/mol. The fraction of sp³-hybridized carbons (Fsp3) is 0.192. The van der Waals surface area contributed by atoms with E-state index in [-0.39, 0.29) is 5.82 Å². The molecule has 30 heavy (non-hydrogen) atoms. The second-order valence-electron chi connectivity index (χ2n) is 7.57. The summed E-state index contributed by atoms with van der Waals surface area (Å²) in [6.07, 6.45) is 7.93. The number of halogens is 1. The van der Waals surface area contributed by atoms with Crippen molar-refractivity contribution in [3.8, 4) is 11.1 Å². The summed E-state index contributed by atoms with van der Waals surface area (Å²) in [4.78, 5) is 13.7. The minimum atomic E-state index is -0.226. The van der Waals surface area contributed by atoms with Gasteiger partial charge in [-0.1, -0.05) is 36.4 Å². The highest BCUT2D eigenvalue weighted by molar-refractivity contribution is 5.69. The zero-order valence-corrected chi connectivity index (χ0v) is 17.3. The molecular formula is C26H24FN3. The Morgan fingerprint density at radius 1 is 0.767 bits per heavy atom. The molecule has 2 aromatic carbocycles. The minimum Gasteiger partial charge on any atom is -0.260 e. The number of nitrogens with zero attached hydrogens (tertiary/aromatic N) is 3. The van der Waals surface area contributed by atoms with Gasteiger partial charge in [0.25, 0.3) is 0 Å². The van der Waals surface area contributed by atoms with Gasteiger partial charge in [0, 0.05) is 37.0 Å². The van der Waals surface area contributed by atoms with E-state index in [0.717, 1.165) is 46.6 Å². The SMILES string of the molecule is Cc1ccccc1CCc1ncc(Cc2ncccc2-c2ccc(F)cc2C)cn1. The van der Waals surface area contributed by atoms with Crippen LogP contribution in [-0.4, -0.2) is 15.0 Å². The van der Waals surface area contributed by atoms with E-state index >= 15 is 0 Å². The zero-order chi connectivity index (χ0) is 20.9. The molecule has 3 nitrogen and oxygen atoms in total. The molecule has 0 aliphatic rings. The first-order chi connectivity index (χ1) is 14.6. The van der Waals surface area contributed by atoms with Crippen molar-refractivity contribution in [1.29, 1.82) is 0 Å². The monoisotopic (exact) mass is 397 g/mol. The quantitative estimate of drug-likeness (QED) is 0.421. The van der Waals surface area contributed by atoms with Gasteiger partial charge in [0.1, 0.15) is 11.6 Å². The molecule has 0 N–H and O–H groups in total. The van der Waals surface area contributed by atoms with Crippen molar-refractivity contribution in [3.05, 3.63) is 113 Å². The van der Waals surface area contributed by atoms with Crippen LogP contribution in [0.25, 0.3) is 11.1 Å². The molecule has 0 radical (unpaired) electrons. The van der Waals surface area contributed by atoms with Crippen LogP contribution in [0.5, 0.6) is 0 Å². The largest absolute Gasteiger partial charge is 0.260 e. The Balaban J connectivity index is 1.49. The smallest absolute Gasteiger partial charge is 0.128 e. The molecule has 0 fully saturated rings. The van der Waals surface area contributed by atoms with Gasteiger partial charge in [-0.05, 0) is 66.3 Å². The van der Waals surface area contributed by atoms with E-state index in [1.165, 1.54) is 17.2 Å². The molecule has 0 amide bonds. The van der Waals surface area contributed by atoms with Crippen LogP contribution in [0.4, 0.5) is 4.39 Å². The maximum atomic E-state index is 13.5. The topological polar surface area (TPSA) is 38.7 Å². The Bertz CT molecular complexity index is 1150. The number of aromatic nitrogens is 3. The summed E-state index contributed by atoms with van der Waals surface area (Å²) in [5.74, 6) is 0.619. The zero-order valence-electron chi connectivity index (χ0n) is 17.3. The van der Waals surface area contributed by atoms with E-state index in [2.05, 4.69) is 46.1 Å². The molecule has 0 saturated heterocycles. The average molecular weight is 397 g/mol. The third-order valence-corrected chi connectivity index (χ3v) is 5.38. The van der Waals surface area contributed by atoms with Gasteiger partial charge in [-0.3, -0.25) is 4.98 Å². The van der Waals surface area contributed by atoms with Gasteiger partial charge in [0.2, 0.25) is 0 Å². The second-order valence-corrected chi connectivity index (χ2v) is 7.57. The summed E-state index contributed by atoms with van der Waals surface area (Å²) < 4.78 is 13.5. The van der Waals surface area contributed by atoms with Gasteiger partial charge in [-0.25, -0.2) is 14.4 Å². The van der Waals surface area contributed by atoms with Crippen LogP contribution in [0.15, 0.2) is 73.2 Å². The Hall–Kier alpha value is -3.40. The highest BCUT2D eigenvalue weighted by atomic mass is 19.1. The Labute approximate surface area is 176 Å². The van der Waals surface area contributed by atoms with Gasteiger partial charge >= 0.3 is 0 Å². The number of pyridine rings is 1. The first-order valence-corrected chi connectivity index (χ1v) is 10.1. The first kappa shape index (κ1) is 19.9. The van der Waals surface area contributed by atoms with E-state index in [0.29, 0.717) is 6.42 Å². The molecule has 0 atom stereocenters. The Morgan fingerprint density at radius 2 is 1.57 bits per heavy atom. The Kier molecular flexibility index (Phi) is 5.94. The normalized spacial score (nSPS) is 10.9. The van der Waals surface area contributed by atoms with Crippen molar-refractivity contribution in [2.24, 2.45) is 0 Å². The molecule has 4 heteroatoms. The van der Waals surface area contributed by atoms with Crippen molar-refractivity contribution in [2.45, 2.75) is 33.1 Å². The molecule has 0 spiro atoms. The van der Waals surface area contributed by atoms with Crippen LogP contribution in [-0.2, 0) is 19.3 Å². The molecule has 2 heterocycles. The van der Waals surface area contributed by atoms with Crippen LogP contribution in [0.1, 0.15) is 33.8 Å². The van der Waals surface area contributed by atoms with E-state index in [9.17, 15) is 4.39 Å². The molecule has 150 valence electrons. The number of hydrogen-bond donors (Lipinski definition) is 0. The van der Waals surface area contributed by atoms with Crippen LogP contribution in [0.3, 0.4) is 0 Å². The summed E-state index contributed by atoms with van der Waals surface area (Å²) in [5, 5.41) is 0. The molecule has 2 aromatic heterocycles. The van der Waals surface area contributed by atoms with Crippen molar-refractivity contribution < 1.29 is 4.39 Å². The van der Waals surface area contributed by atoms with Gasteiger partial charge < -0.3 is 0 Å². The van der Waals surface area contributed by atoms with Gasteiger partial charge in [-0.15, -0.1) is 0 Å².